The zero-order chi connectivity index (χ0) is 19.5. The van der Waals surface area contributed by atoms with E-state index in [1.165, 1.54) is 0 Å². The molecule has 1 aliphatic carbocycles. The number of aryl methyl sites for hydroxylation is 1. The minimum absolute atomic E-state index is 0.00356. The molecular formula is C21H30O2. The molecule has 0 spiro atoms. The highest BCUT2D eigenvalue weighted by atomic mass is 16.3. The third-order valence-electron chi connectivity index (χ3n) is 4.77. The molecule has 0 aromatic heterocycles. The number of phenolic OH excluding ortho intramolecular Hbond substituents is 2. The van der Waals surface area contributed by atoms with Crippen LogP contribution in [0.15, 0.2) is 35.9 Å². The summed E-state index contributed by atoms with van der Waals surface area (Å²) in [6.07, 6.45) is 6.88. The molecule has 1 unspecified atom stereocenters. The van der Waals surface area contributed by atoms with Crippen LogP contribution in [0, 0.1) is 5.92 Å². The van der Waals surface area contributed by atoms with Crippen LogP contribution in [0.25, 0.3) is 0 Å². The summed E-state index contributed by atoms with van der Waals surface area (Å²) in [5, 5.41) is 21.2. The van der Waals surface area contributed by atoms with Gasteiger partial charge in [-0.3, -0.25) is 0 Å². The summed E-state index contributed by atoms with van der Waals surface area (Å²) in [6.45, 7) is 5.93. The Labute approximate surface area is 144 Å². The van der Waals surface area contributed by atoms with E-state index in [4.69, 9.17) is 4.11 Å². The van der Waals surface area contributed by atoms with Crippen molar-refractivity contribution in [3.8, 4) is 11.5 Å². The average Bonchev–Trinajstić information content (AvgIpc) is 2.53. The standard InChI is InChI=1S/C21H30O2/c1-5-6-7-8-16-12-19(22)21(20(23)13-16)18-11-15(4)9-10-17(18)14(2)3/h11-13,17-18,22-23H,2,5-10H2,1,3-4H3/t17-,18?/m0/s1/i4D3. The molecule has 23 heavy (non-hydrogen) atoms. The maximum Gasteiger partial charge on any atom is 0.123 e. The van der Waals surface area contributed by atoms with E-state index in [1.54, 1.807) is 18.2 Å². The molecule has 2 N–H and O–H groups in total. The van der Waals surface area contributed by atoms with Gasteiger partial charge in [-0.15, -0.1) is 0 Å². The Hall–Kier alpha value is -1.70. The molecule has 1 aromatic carbocycles. The Kier molecular flexibility index (Phi) is 4.60. The molecule has 0 aliphatic heterocycles. The number of aromatic hydroxyl groups is 2. The van der Waals surface area contributed by atoms with Gasteiger partial charge in [0.25, 0.3) is 0 Å². The fourth-order valence-corrected chi connectivity index (χ4v) is 3.49. The lowest BCUT2D eigenvalue weighted by Gasteiger charge is -2.31. The van der Waals surface area contributed by atoms with Gasteiger partial charge in [0, 0.05) is 15.6 Å². The molecule has 0 saturated carbocycles. The largest absolute Gasteiger partial charge is 0.507 e. The van der Waals surface area contributed by atoms with Crippen molar-refractivity contribution >= 4 is 0 Å². The Balaban J connectivity index is 2.43. The van der Waals surface area contributed by atoms with Gasteiger partial charge in [-0.1, -0.05) is 43.6 Å². The SMILES string of the molecule is [2H]C([2H])([2H])C1=CC(c2c(O)cc(CCCCC)cc2O)[C@H](C(=C)C)CC1. The van der Waals surface area contributed by atoms with Gasteiger partial charge >= 0.3 is 0 Å². The average molecular weight is 317 g/mol. The molecule has 0 fully saturated rings. The molecule has 2 nitrogen and oxygen atoms in total. The summed E-state index contributed by atoms with van der Waals surface area (Å²) in [5.41, 5.74) is 2.64. The lowest BCUT2D eigenvalue weighted by molar-refractivity contribution is 0.406. The van der Waals surface area contributed by atoms with Crippen molar-refractivity contribution in [1.82, 2.24) is 0 Å². The van der Waals surface area contributed by atoms with Gasteiger partial charge in [-0.25, -0.2) is 0 Å². The minimum atomic E-state index is -2.15. The van der Waals surface area contributed by atoms with E-state index in [0.717, 1.165) is 36.8 Å². The van der Waals surface area contributed by atoms with E-state index in [1.807, 2.05) is 6.92 Å². The molecule has 1 aliphatic rings. The predicted molar refractivity (Wildman–Crippen MR) is 97.0 cm³/mol. The highest BCUT2D eigenvalue weighted by molar-refractivity contribution is 5.51. The van der Waals surface area contributed by atoms with Gasteiger partial charge in [-0.05, 0) is 63.1 Å². The Morgan fingerprint density at radius 2 is 2.00 bits per heavy atom. The number of rotatable bonds is 6. The van der Waals surface area contributed by atoms with Crippen molar-refractivity contribution in [3.63, 3.8) is 0 Å². The Morgan fingerprint density at radius 3 is 2.57 bits per heavy atom. The van der Waals surface area contributed by atoms with Crippen molar-refractivity contribution < 1.29 is 14.3 Å². The fraction of sp³-hybridized carbons (Fsp3) is 0.524. The lowest BCUT2D eigenvalue weighted by atomic mass is 9.73. The lowest BCUT2D eigenvalue weighted by Crippen LogP contribution is -2.17. The molecule has 2 heteroatoms. The molecule has 0 radical (unpaired) electrons. The first-order chi connectivity index (χ1) is 12.1. The summed E-state index contributed by atoms with van der Waals surface area (Å²) in [6, 6.07) is 3.41. The van der Waals surface area contributed by atoms with Crippen LogP contribution < -0.4 is 0 Å². The predicted octanol–water partition coefficient (Wildman–Crippen LogP) is 5.85. The van der Waals surface area contributed by atoms with Crippen molar-refractivity contribution in [3.05, 3.63) is 47.1 Å². The van der Waals surface area contributed by atoms with Crippen LogP contribution in [0.2, 0.25) is 0 Å². The number of hydrogen-bond acceptors (Lipinski definition) is 2. The smallest absolute Gasteiger partial charge is 0.123 e. The summed E-state index contributed by atoms with van der Waals surface area (Å²) in [5.74, 6) is -0.295. The van der Waals surface area contributed by atoms with E-state index >= 15 is 0 Å². The van der Waals surface area contributed by atoms with Gasteiger partial charge < -0.3 is 10.2 Å². The molecule has 0 amide bonds. The third-order valence-corrected chi connectivity index (χ3v) is 4.77. The van der Waals surface area contributed by atoms with Gasteiger partial charge in [-0.2, -0.15) is 0 Å². The van der Waals surface area contributed by atoms with E-state index in [0.29, 0.717) is 24.0 Å². The first-order valence-corrected chi connectivity index (χ1v) is 8.56. The van der Waals surface area contributed by atoms with Crippen LogP contribution in [0.4, 0.5) is 0 Å². The van der Waals surface area contributed by atoms with Crippen molar-refractivity contribution in [2.75, 3.05) is 0 Å². The molecule has 1 aromatic rings. The minimum Gasteiger partial charge on any atom is -0.507 e. The second-order valence-electron chi connectivity index (χ2n) is 6.71. The maximum absolute atomic E-state index is 10.6. The summed E-state index contributed by atoms with van der Waals surface area (Å²) in [4.78, 5) is 0. The van der Waals surface area contributed by atoms with Crippen molar-refractivity contribution in [1.29, 1.82) is 0 Å². The van der Waals surface area contributed by atoms with Gasteiger partial charge in [0.05, 0.1) is 0 Å². The first kappa shape index (κ1) is 13.7. The molecule has 2 atom stereocenters. The van der Waals surface area contributed by atoms with Crippen LogP contribution in [0.5, 0.6) is 11.5 Å². The number of benzene rings is 1. The maximum atomic E-state index is 10.6. The molecule has 126 valence electrons. The number of phenols is 2. The quantitative estimate of drug-likeness (QED) is 0.510. The van der Waals surface area contributed by atoms with Crippen LogP contribution in [-0.2, 0) is 6.42 Å². The van der Waals surface area contributed by atoms with Crippen LogP contribution >= 0.6 is 0 Å². The molecular weight excluding hydrogens is 284 g/mol. The summed E-state index contributed by atoms with van der Waals surface area (Å²) in [7, 11) is 0. The second kappa shape index (κ2) is 7.72. The highest BCUT2D eigenvalue weighted by Gasteiger charge is 2.29. The number of unbranched alkanes of at least 4 members (excludes halogenated alkanes) is 2. The Bertz CT molecular complexity index is 666. The van der Waals surface area contributed by atoms with Crippen molar-refractivity contribution in [2.24, 2.45) is 5.92 Å². The van der Waals surface area contributed by atoms with E-state index < -0.39 is 6.85 Å². The normalized spacial score (nSPS) is 23.6. The van der Waals surface area contributed by atoms with Gasteiger partial charge in [0.1, 0.15) is 11.5 Å². The third kappa shape index (κ3) is 4.19. The van der Waals surface area contributed by atoms with Gasteiger partial charge in [0.15, 0.2) is 0 Å². The van der Waals surface area contributed by atoms with Crippen LogP contribution in [0.1, 0.15) is 74.0 Å². The molecule has 2 rings (SSSR count). The van der Waals surface area contributed by atoms with Crippen molar-refractivity contribution in [2.45, 2.75) is 65.1 Å². The molecule has 0 bridgehead atoms. The van der Waals surface area contributed by atoms with Crippen LogP contribution in [-0.4, -0.2) is 10.2 Å². The second-order valence-corrected chi connectivity index (χ2v) is 6.71. The molecule has 0 heterocycles. The van der Waals surface area contributed by atoms with Gasteiger partial charge in [0.2, 0.25) is 0 Å². The van der Waals surface area contributed by atoms with E-state index in [-0.39, 0.29) is 23.3 Å². The summed E-state index contributed by atoms with van der Waals surface area (Å²) < 4.78 is 23.1. The number of allylic oxidation sites excluding steroid dienone is 3. The Morgan fingerprint density at radius 1 is 1.30 bits per heavy atom. The fourth-order valence-electron chi connectivity index (χ4n) is 3.49. The topological polar surface area (TPSA) is 40.5 Å². The zero-order valence-electron chi connectivity index (χ0n) is 17.2. The molecule has 0 saturated heterocycles. The first-order valence-electron chi connectivity index (χ1n) is 10.1. The summed E-state index contributed by atoms with van der Waals surface area (Å²) >= 11 is 0. The number of hydrogen-bond donors (Lipinski definition) is 2. The van der Waals surface area contributed by atoms with E-state index in [9.17, 15) is 10.2 Å². The zero-order valence-corrected chi connectivity index (χ0v) is 14.2. The monoisotopic (exact) mass is 317 g/mol. The van der Waals surface area contributed by atoms with E-state index in [2.05, 4.69) is 13.5 Å². The highest BCUT2D eigenvalue weighted by Crippen LogP contribution is 2.46. The van der Waals surface area contributed by atoms with Crippen LogP contribution in [0.3, 0.4) is 0 Å².